The number of nitrogens with two attached hydrogens (primary N) is 1. The van der Waals surface area contributed by atoms with E-state index in [0.29, 0.717) is 10.6 Å². The van der Waals surface area contributed by atoms with E-state index in [1.165, 1.54) is 24.5 Å². The van der Waals surface area contributed by atoms with Gasteiger partial charge in [-0.1, -0.05) is 36.4 Å². The van der Waals surface area contributed by atoms with Crippen molar-refractivity contribution < 1.29 is 18.0 Å². The number of rotatable bonds is 7. The Morgan fingerprint density at radius 2 is 1.69 bits per heavy atom. The zero-order chi connectivity index (χ0) is 23.6. The standard InChI is InChI=1S/C23H25N3O4S2/c1-14-10-11-18(12-15(14)2)32(29,30)26(4)13-19(27)25-23-21(22(24)28)20(16(3)31-23)17-8-6-5-7-9-17/h5-12H,13H2,1-4H3,(H2,24,28)(H,25,27). The predicted molar refractivity (Wildman–Crippen MR) is 127 cm³/mol. The first-order valence-electron chi connectivity index (χ1n) is 9.84. The monoisotopic (exact) mass is 471 g/mol. The molecule has 1 aromatic heterocycles. The van der Waals surface area contributed by atoms with Crippen LogP contribution in [0.3, 0.4) is 0 Å². The lowest BCUT2D eigenvalue weighted by Crippen LogP contribution is -2.35. The fourth-order valence-corrected chi connectivity index (χ4v) is 5.64. The second-order valence-electron chi connectivity index (χ2n) is 7.52. The number of aryl methyl sites for hydroxylation is 3. The average Bonchev–Trinajstić information content (AvgIpc) is 3.06. The Morgan fingerprint density at radius 1 is 1.03 bits per heavy atom. The number of likely N-dealkylation sites (N-methyl/N-ethyl adjacent to an activating group) is 1. The number of hydrogen-bond acceptors (Lipinski definition) is 5. The molecule has 0 aliphatic heterocycles. The van der Waals surface area contributed by atoms with Crippen molar-refractivity contribution >= 4 is 38.2 Å². The summed E-state index contributed by atoms with van der Waals surface area (Å²) >= 11 is 1.23. The molecule has 0 bridgehead atoms. The van der Waals surface area contributed by atoms with Crippen molar-refractivity contribution in [2.75, 3.05) is 18.9 Å². The van der Waals surface area contributed by atoms with Gasteiger partial charge in [-0.15, -0.1) is 11.3 Å². The SMILES string of the molecule is Cc1ccc(S(=O)(=O)N(C)CC(=O)Nc2sc(C)c(-c3ccccc3)c2C(N)=O)cc1C. The van der Waals surface area contributed by atoms with Gasteiger partial charge in [-0.25, -0.2) is 8.42 Å². The third-order valence-electron chi connectivity index (χ3n) is 5.20. The molecule has 2 aromatic carbocycles. The van der Waals surface area contributed by atoms with Gasteiger partial charge >= 0.3 is 0 Å². The molecule has 0 aliphatic rings. The lowest BCUT2D eigenvalue weighted by molar-refractivity contribution is -0.116. The number of anilines is 1. The molecule has 0 radical (unpaired) electrons. The molecule has 168 valence electrons. The van der Waals surface area contributed by atoms with Crippen molar-refractivity contribution in [2.45, 2.75) is 25.7 Å². The normalized spacial score (nSPS) is 11.5. The molecule has 0 spiro atoms. The molecule has 3 rings (SSSR count). The number of nitrogens with one attached hydrogen (secondary N) is 1. The Hall–Kier alpha value is -3.01. The van der Waals surface area contributed by atoms with E-state index in [4.69, 9.17) is 5.73 Å². The lowest BCUT2D eigenvalue weighted by Gasteiger charge is -2.17. The van der Waals surface area contributed by atoms with E-state index in [0.717, 1.165) is 25.9 Å². The Morgan fingerprint density at radius 3 is 2.28 bits per heavy atom. The maximum absolute atomic E-state index is 12.9. The van der Waals surface area contributed by atoms with Crippen LogP contribution in [0.2, 0.25) is 0 Å². The van der Waals surface area contributed by atoms with Crippen molar-refractivity contribution in [1.29, 1.82) is 0 Å². The highest BCUT2D eigenvalue weighted by Gasteiger charge is 2.26. The molecule has 1 heterocycles. The average molecular weight is 472 g/mol. The van der Waals surface area contributed by atoms with Gasteiger partial charge in [0, 0.05) is 17.5 Å². The van der Waals surface area contributed by atoms with Crippen LogP contribution in [0.25, 0.3) is 11.1 Å². The van der Waals surface area contributed by atoms with Crippen molar-refractivity contribution in [3.05, 3.63) is 70.1 Å². The summed E-state index contributed by atoms with van der Waals surface area (Å²) in [6, 6.07) is 14.1. The molecule has 0 aliphatic carbocycles. The molecule has 2 amide bonds. The van der Waals surface area contributed by atoms with Gasteiger partial charge in [0.05, 0.1) is 17.0 Å². The number of primary amides is 1. The molecule has 3 aromatic rings. The van der Waals surface area contributed by atoms with Crippen LogP contribution >= 0.6 is 11.3 Å². The van der Waals surface area contributed by atoms with Gasteiger partial charge in [0.2, 0.25) is 15.9 Å². The maximum Gasteiger partial charge on any atom is 0.252 e. The third-order valence-corrected chi connectivity index (χ3v) is 8.02. The third kappa shape index (κ3) is 4.74. The van der Waals surface area contributed by atoms with E-state index in [9.17, 15) is 18.0 Å². The number of carbonyl (C=O) groups is 2. The molecule has 9 heteroatoms. The maximum atomic E-state index is 12.9. The minimum Gasteiger partial charge on any atom is -0.365 e. The summed E-state index contributed by atoms with van der Waals surface area (Å²) in [5, 5.41) is 2.97. The summed E-state index contributed by atoms with van der Waals surface area (Å²) in [5.74, 6) is -1.23. The number of thiophene rings is 1. The van der Waals surface area contributed by atoms with Crippen LogP contribution in [0.4, 0.5) is 5.00 Å². The Balaban J connectivity index is 1.84. The fourth-order valence-electron chi connectivity index (χ4n) is 3.33. The van der Waals surface area contributed by atoms with E-state index in [1.807, 2.05) is 51.1 Å². The van der Waals surface area contributed by atoms with E-state index in [-0.39, 0.29) is 10.5 Å². The van der Waals surface area contributed by atoms with Gasteiger partial charge in [-0.3, -0.25) is 9.59 Å². The number of amides is 2. The quantitative estimate of drug-likeness (QED) is 0.547. The lowest BCUT2D eigenvalue weighted by atomic mass is 10.0. The number of sulfonamides is 1. The van der Waals surface area contributed by atoms with Crippen LogP contribution in [0.15, 0.2) is 53.4 Å². The first-order chi connectivity index (χ1) is 15.0. The smallest absolute Gasteiger partial charge is 0.252 e. The molecule has 0 unspecified atom stereocenters. The van der Waals surface area contributed by atoms with Crippen LogP contribution in [-0.2, 0) is 14.8 Å². The number of carbonyl (C=O) groups excluding carboxylic acids is 2. The Kier molecular flexibility index (Phi) is 6.82. The fraction of sp³-hybridized carbons (Fsp3) is 0.217. The predicted octanol–water partition coefficient (Wildman–Crippen LogP) is 3.70. The van der Waals surface area contributed by atoms with Crippen LogP contribution in [0, 0.1) is 20.8 Å². The highest BCUT2D eigenvalue weighted by Crippen LogP contribution is 2.39. The van der Waals surface area contributed by atoms with E-state index in [2.05, 4.69) is 5.32 Å². The van der Waals surface area contributed by atoms with E-state index in [1.54, 1.807) is 12.1 Å². The van der Waals surface area contributed by atoms with Gasteiger partial charge in [0.1, 0.15) is 5.00 Å². The van der Waals surface area contributed by atoms with Crippen LogP contribution in [0.5, 0.6) is 0 Å². The van der Waals surface area contributed by atoms with Gasteiger partial charge in [0.15, 0.2) is 0 Å². The molecular formula is C23H25N3O4S2. The van der Waals surface area contributed by atoms with Crippen LogP contribution in [0.1, 0.15) is 26.4 Å². The summed E-state index contributed by atoms with van der Waals surface area (Å²) in [6.07, 6.45) is 0. The summed E-state index contributed by atoms with van der Waals surface area (Å²) in [7, 11) is -2.51. The molecular weight excluding hydrogens is 446 g/mol. The second-order valence-corrected chi connectivity index (χ2v) is 10.8. The molecule has 0 saturated carbocycles. The van der Waals surface area contributed by atoms with Gasteiger partial charge < -0.3 is 11.1 Å². The second kappa shape index (κ2) is 9.23. The van der Waals surface area contributed by atoms with Gasteiger partial charge in [0.25, 0.3) is 5.91 Å². The Bertz CT molecular complexity index is 1280. The Labute approximate surface area is 191 Å². The van der Waals surface area contributed by atoms with E-state index >= 15 is 0 Å². The van der Waals surface area contributed by atoms with Crippen molar-refractivity contribution in [3.63, 3.8) is 0 Å². The zero-order valence-electron chi connectivity index (χ0n) is 18.3. The largest absolute Gasteiger partial charge is 0.365 e. The van der Waals surface area contributed by atoms with Crippen molar-refractivity contribution in [2.24, 2.45) is 5.73 Å². The minimum absolute atomic E-state index is 0.118. The zero-order valence-corrected chi connectivity index (χ0v) is 19.9. The number of benzene rings is 2. The molecule has 3 N–H and O–H groups in total. The molecule has 0 fully saturated rings. The van der Waals surface area contributed by atoms with Crippen LogP contribution < -0.4 is 11.1 Å². The number of hydrogen-bond donors (Lipinski definition) is 2. The van der Waals surface area contributed by atoms with Gasteiger partial charge in [-0.2, -0.15) is 4.31 Å². The van der Waals surface area contributed by atoms with Gasteiger partial charge in [-0.05, 0) is 49.6 Å². The highest BCUT2D eigenvalue weighted by atomic mass is 32.2. The topological polar surface area (TPSA) is 110 Å². The first-order valence-corrected chi connectivity index (χ1v) is 12.1. The summed E-state index contributed by atoms with van der Waals surface area (Å²) in [6.45, 7) is 5.15. The van der Waals surface area contributed by atoms with E-state index < -0.39 is 28.4 Å². The van der Waals surface area contributed by atoms with Crippen molar-refractivity contribution in [1.82, 2.24) is 4.31 Å². The summed E-state index contributed by atoms with van der Waals surface area (Å²) < 4.78 is 26.7. The number of nitrogens with zero attached hydrogens (tertiary/aromatic N) is 1. The first kappa shape index (κ1) is 23.6. The molecule has 0 atom stereocenters. The highest BCUT2D eigenvalue weighted by molar-refractivity contribution is 7.89. The molecule has 0 saturated heterocycles. The minimum atomic E-state index is -3.85. The summed E-state index contributed by atoms with van der Waals surface area (Å²) in [4.78, 5) is 25.8. The van der Waals surface area contributed by atoms with Crippen molar-refractivity contribution in [3.8, 4) is 11.1 Å². The summed E-state index contributed by atoms with van der Waals surface area (Å²) in [5.41, 5.74) is 9.13. The van der Waals surface area contributed by atoms with Crippen LogP contribution in [-0.4, -0.2) is 38.1 Å². The molecule has 32 heavy (non-hydrogen) atoms. The molecule has 7 nitrogen and oxygen atoms in total.